The van der Waals surface area contributed by atoms with E-state index in [2.05, 4.69) is 36.2 Å². The van der Waals surface area contributed by atoms with Gasteiger partial charge >= 0.3 is 5.97 Å². The van der Waals surface area contributed by atoms with Crippen LogP contribution >= 0.6 is 0 Å². The van der Waals surface area contributed by atoms with E-state index in [-0.39, 0.29) is 11.9 Å². The van der Waals surface area contributed by atoms with E-state index in [0.717, 1.165) is 26.1 Å². The number of carbonyl (C=O) groups excluding carboxylic acids is 2. The number of nitrogens with zero attached hydrogens (tertiary/aromatic N) is 1. The summed E-state index contributed by atoms with van der Waals surface area (Å²) >= 11 is 0. The van der Waals surface area contributed by atoms with Gasteiger partial charge in [0.05, 0.1) is 5.57 Å². The molecule has 0 saturated carbocycles. The van der Waals surface area contributed by atoms with Crippen molar-refractivity contribution in [3.63, 3.8) is 0 Å². The predicted octanol–water partition coefficient (Wildman–Crippen LogP) is 3.06. The van der Waals surface area contributed by atoms with Crippen LogP contribution in [0, 0.1) is 5.92 Å². The number of esters is 1. The summed E-state index contributed by atoms with van der Waals surface area (Å²) < 4.78 is 5.76. The standard InChI is InChI=1S/C22H30N2O3/c1-16(2)9-12-23-20(25)19-17(3)21(26)27-22(19)10-13-24(14-11-22)15-18-7-5-4-6-8-18/h4-8,16H,9-15H2,1-3H3,(H,23,25). The lowest BCUT2D eigenvalue weighted by molar-refractivity contribution is -0.151. The Kier molecular flexibility index (Phi) is 6.00. The van der Waals surface area contributed by atoms with Crippen LogP contribution in [-0.2, 0) is 20.9 Å². The molecule has 2 aliphatic rings. The van der Waals surface area contributed by atoms with E-state index in [0.29, 0.717) is 36.5 Å². The Balaban J connectivity index is 1.66. The predicted molar refractivity (Wildman–Crippen MR) is 105 cm³/mol. The maximum atomic E-state index is 12.8. The Bertz CT molecular complexity index is 716. The van der Waals surface area contributed by atoms with E-state index < -0.39 is 5.60 Å². The third-order valence-electron chi connectivity index (χ3n) is 5.57. The number of hydrogen-bond donors (Lipinski definition) is 1. The zero-order chi connectivity index (χ0) is 19.4. The Morgan fingerprint density at radius 1 is 1.22 bits per heavy atom. The van der Waals surface area contributed by atoms with Gasteiger partial charge in [-0.15, -0.1) is 0 Å². The highest BCUT2D eigenvalue weighted by atomic mass is 16.6. The molecule has 0 aliphatic carbocycles. The summed E-state index contributed by atoms with van der Waals surface area (Å²) in [7, 11) is 0. The van der Waals surface area contributed by atoms with E-state index >= 15 is 0 Å². The van der Waals surface area contributed by atoms with Gasteiger partial charge in [-0.2, -0.15) is 0 Å². The van der Waals surface area contributed by atoms with Crippen LogP contribution in [0.4, 0.5) is 0 Å². The molecule has 1 spiro atoms. The van der Waals surface area contributed by atoms with Crippen LogP contribution in [0.25, 0.3) is 0 Å². The van der Waals surface area contributed by atoms with Crippen molar-refractivity contribution < 1.29 is 14.3 Å². The van der Waals surface area contributed by atoms with Crippen LogP contribution in [0.3, 0.4) is 0 Å². The van der Waals surface area contributed by atoms with Crippen molar-refractivity contribution in [1.82, 2.24) is 10.2 Å². The highest BCUT2D eigenvalue weighted by Gasteiger charge is 2.50. The van der Waals surface area contributed by atoms with Gasteiger partial charge in [0.1, 0.15) is 5.60 Å². The summed E-state index contributed by atoms with van der Waals surface area (Å²) in [5.41, 5.74) is 1.54. The summed E-state index contributed by atoms with van der Waals surface area (Å²) in [6.07, 6.45) is 2.25. The van der Waals surface area contributed by atoms with E-state index in [1.807, 2.05) is 18.2 Å². The average Bonchev–Trinajstić information content (AvgIpc) is 2.88. The van der Waals surface area contributed by atoms with Gasteiger partial charge in [-0.1, -0.05) is 44.2 Å². The second-order valence-corrected chi connectivity index (χ2v) is 8.08. The number of piperidine rings is 1. The van der Waals surface area contributed by atoms with Gasteiger partial charge in [0, 0.05) is 44.6 Å². The van der Waals surface area contributed by atoms with Crippen molar-refractivity contribution in [3.05, 3.63) is 47.0 Å². The highest BCUT2D eigenvalue weighted by molar-refractivity contribution is 6.07. The first-order chi connectivity index (χ1) is 12.9. The molecule has 1 N–H and O–H groups in total. The van der Waals surface area contributed by atoms with Crippen molar-refractivity contribution in [2.75, 3.05) is 19.6 Å². The molecule has 1 fully saturated rings. The fourth-order valence-electron chi connectivity index (χ4n) is 3.95. The molecule has 1 aromatic carbocycles. The first-order valence-corrected chi connectivity index (χ1v) is 9.90. The van der Waals surface area contributed by atoms with Crippen LogP contribution in [0.5, 0.6) is 0 Å². The molecule has 1 saturated heterocycles. The smallest absolute Gasteiger partial charge is 0.335 e. The molecule has 1 aromatic rings. The Labute approximate surface area is 161 Å². The van der Waals surface area contributed by atoms with E-state index in [9.17, 15) is 9.59 Å². The van der Waals surface area contributed by atoms with Crippen molar-refractivity contribution >= 4 is 11.9 Å². The molecule has 0 bridgehead atoms. The van der Waals surface area contributed by atoms with Gasteiger partial charge in [0.25, 0.3) is 5.91 Å². The lowest BCUT2D eigenvalue weighted by atomic mass is 9.82. The third-order valence-corrected chi connectivity index (χ3v) is 5.57. The van der Waals surface area contributed by atoms with Gasteiger partial charge in [0.2, 0.25) is 0 Å². The Morgan fingerprint density at radius 3 is 2.52 bits per heavy atom. The zero-order valence-electron chi connectivity index (χ0n) is 16.6. The van der Waals surface area contributed by atoms with Crippen LogP contribution in [0.2, 0.25) is 0 Å². The molecular formula is C22H30N2O3. The Morgan fingerprint density at radius 2 is 1.89 bits per heavy atom. The lowest BCUT2D eigenvalue weighted by Crippen LogP contribution is -2.48. The number of carbonyl (C=O) groups is 2. The molecule has 146 valence electrons. The minimum absolute atomic E-state index is 0.143. The fourth-order valence-corrected chi connectivity index (χ4v) is 3.95. The monoisotopic (exact) mass is 370 g/mol. The largest absolute Gasteiger partial charge is 0.450 e. The molecule has 3 rings (SSSR count). The summed E-state index contributed by atoms with van der Waals surface area (Å²) in [5, 5.41) is 2.99. The van der Waals surface area contributed by atoms with Crippen LogP contribution in [0.1, 0.15) is 45.6 Å². The molecule has 2 heterocycles. The molecule has 0 aromatic heterocycles. The van der Waals surface area contributed by atoms with Gasteiger partial charge in [-0.3, -0.25) is 9.69 Å². The van der Waals surface area contributed by atoms with Gasteiger partial charge in [-0.05, 0) is 24.8 Å². The number of rotatable bonds is 6. The van der Waals surface area contributed by atoms with Gasteiger partial charge in [0.15, 0.2) is 0 Å². The van der Waals surface area contributed by atoms with Crippen LogP contribution in [0.15, 0.2) is 41.5 Å². The Hall–Kier alpha value is -2.14. The normalized spacial score (nSPS) is 19.6. The van der Waals surface area contributed by atoms with Gasteiger partial charge < -0.3 is 10.1 Å². The van der Waals surface area contributed by atoms with E-state index in [1.165, 1.54) is 5.56 Å². The minimum Gasteiger partial charge on any atom is -0.450 e. The van der Waals surface area contributed by atoms with Crippen LogP contribution in [-0.4, -0.2) is 42.0 Å². The number of nitrogens with one attached hydrogen (secondary N) is 1. The second-order valence-electron chi connectivity index (χ2n) is 8.08. The summed E-state index contributed by atoms with van der Waals surface area (Å²) in [5.74, 6) is 0.0352. The first-order valence-electron chi connectivity index (χ1n) is 9.90. The topological polar surface area (TPSA) is 58.6 Å². The molecule has 0 unspecified atom stereocenters. The molecular weight excluding hydrogens is 340 g/mol. The van der Waals surface area contributed by atoms with Crippen molar-refractivity contribution in [1.29, 1.82) is 0 Å². The molecule has 0 radical (unpaired) electrons. The maximum Gasteiger partial charge on any atom is 0.335 e. The van der Waals surface area contributed by atoms with E-state index in [1.54, 1.807) is 6.92 Å². The van der Waals surface area contributed by atoms with Crippen molar-refractivity contribution in [2.45, 2.75) is 52.2 Å². The first kappa shape index (κ1) is 19.6. The fraction of sp³-hybridized carbons (Fsp3) is 0.545. The molecule has 5 nitrogen and oxygen atoms in total. The summed E-state index contributed by atoms with van der Waals surface area (Å²) in [6, 6.07) is 10.4. The zero-order valence-corrected chi connectivity index (χ0v) is 16.6. The third kappa shape index (κ3) is 4.41. The highest BCUT2D eigenvalue weighted by Crippen LogP contribution is 2.41. The molecule has 2 aliphatic heterocycles. The van der Waals surface area contributed by atoms with E-state index in [4.69, 9.17) is 4.74 Å². The number of benzene rings is 1. The van der Waals surface area contributed by atoms with Crippen LogP contribution < -0.4 is 5.32 Å². The van der Waals surface area contributed by atoms with Crippen molar-refractivity contribution in [2.24, 2.45) is 5.92 Å². The van der Waals surface area contributed by atoms with Crippen molar-refractivity contribution in [3.8, 4) is 0 Å². The molecule has 0 atom stereocenters. The summed E-state index contributed by atoms with van der Waals surface area (Å²) in [4.78, 5) is 27.4. The average molecular weight is 370 g/mol. The maximum absolute atomic E-state index is 12.8. The number of amides is 1. The SMILES string of the molecule is CC1=C(C(=O)NCCC(C)C)C2(CCN(Cc3ccccc3)CC2)OC1=O. The second kappa shape index (κ2) is 8.26. The number of ether oxygens (including phenoxy) is 1. The molecule has 5 heteroatoms. The molecule has 27 heavy (non-hydrogen) atoms. The number of hydrogen-bond acceptors (Lipinski definition) is 4. The number of likely N-dealkylation sites (tertiary alicyclic amines) is 1. The molecule has 1 amide bonds. The summed E-state index contributed by atoms with van der Waals surface area (Å²) in [6.45, 7) is 9.08. The lowest BCUT2D eigenvalue weighted by Gasteiger charge is -2.39. The minimum atomic E-state index is -0.754. The van der Waals surface area contributed by atoms with Gasteiger partial charge in [-0.25, -0.2) is 4.79 Å². The quantitative estimate of drug-likeness (QED) is 0.782.